The Morgan fingerprint density at radius 2 is 2.13 bits per heavy atom. The Morgan fingerprint density at radius 1 is 1.13 bits per heavy atom. The maximum atomic E-state index is 3.51. The Balaban J connectivity index is 1.52. The molecule has 2 atom stereocenters. The number of hydrogen-bond donors (Lipinski definition) is 1. The van der Waals surface area contributed by atoms with E-state index in [1.54, 1.807) is 5.56 Å². The van der Waals surface area contributed by atoms with Gasteiger partial charge < -0.3 is 9.88 Å². The van der Waals surface area contributed by atoms with Gasteiger partial charge in [0.25, 0.3) is 0 Å². The summed E-state index contributed by atoms with van der Waals surface area (Å²) in [6.07, 6.45) is 7.73. The standard InChI is InChI=1S/C20H22N2S/c1-3-16-11-14(7-9-22(16)8-1)18-13-21-19-6-5-15(12-17(18)19)20-4-2-10-23-20/h2,4-6,10,12-14,16,21H,1,3,7-9,11H2. The lowest BCUT2D eigenvalue weighted by Crippen LogP contribution is -2.37. The number of aromatic nitrogens is 1. The highest BCUT2D eigenvalue weighted by molar-refractivity contribution is 7.13. The molecule has 2 aliphatic rings. The molecule has 0 amide bonds. The summed E-state index contributed by atoms with van der Waals surface area (Å²) < 4.78 is 0. The maximum Gasteiger partial charge on any atom is 0.0457 e. The van der Waals surface area contributed by atoms with Crippen LogP contribution in [-0.2, 0) is 0 Å². The molecule has 2 saturated heterocycles. The van der Waals surface area contributed by atoms with Crippen molar-refractivity contribution < 1.29 is 0 Å². The number of thiophene rings is 1. The number of hydrogen-bond acceptors (Lipinski definition) is 2. The van der Waals surface area contributed by atoms with E-state index in [0.29, 0.717) is 0 Å². The molecule has 0 saturated carbocycles. The molecule has 2 aromatic heterocycles. The molecule has 2 unspecified atom stereocenters. The Kier molecular flexibility index (Phi) is 3.31. The van der Waals surface area contributed by atoms with Crippen molar-refractivity contribution in [2.45, 2.75) is 37.6 Å². The number of H-pyrrole nitrogens is 1. The number of piperidine rings is 1. The van der Waals surface area contributed by atoms with E-state index in [-0.39, 0.29) is 0 Å². The van der Waals surface area contributed by atoms with Crippen molar-refractivity contribution in [3.8, 4) is 10.4 Å². The van der Waals surface area contributed by atoms with E-state index in [0.717, 1.165) is 12.0 Å². The molecule has 3 aromatic rings. The highest BCUT2D eigenvalue weighted by Gasteiger charge is 2.33. The van der Waals surface area contributed by atoms with Crippen molar-refractivity contribution in [2.24, 2.45) is 0 Å². The average molecular weight is 322 g/mol. The lowest BCUT2D eigenvalue weighted by atomic mass is 9.85. The van der Waals surface area contributed by atoms with Crippen LogP contribution in [0.2, 0.25) is 0 Å². The SMILES string of the molecule is c1csc(-c2ccc3[nH]cc(C4CCN5CCCC5C4)c3c2)c1. The summed E-state index contributed by atoms with van der Waals surface area (Å²) in [5.74, 6) is 0.724. The third-order valence-electron chi connectivity index (χ3n) is 5.78. The number of nitrogens with one attached hydrogen (secondary N) is 1. The molecule has 118 valence electrons. The van der Waals surface area contributed by atoms with Gasteiger partial charge in [-0.15, -0.1) is 11.3 Å². The Hall–Kier alpha value is -1.58. The van der Waals surface area contributed by atoms with Gasteiger partial charge >= 0.3 is 0 Å². The van der Waals surface area contributed by atoms with Crippen molar-refractivity contribution in [1.29, 1.82) is 0 Å². The van der Waals surface area contributed by atoms with Gasteiger partial charge in [-0.05, 0) is 79.4 Å². The molecule has 1 aromatic carbocycles. The van der Waals surface area contributed by atoms with Crippen LogP contribution in [-0.4, -0.2) is 29.0 Å². The molecule has 0 radical (unpaired) electrons. The lowest BCUT2D eigenvalue weighted by molar-refractivity contribution is 0.181. The summed E-state index contributed by atoms with van der Waals surface area (Å²) in [6.45, 7) is 2.61. The minimum atomic E-state index is 0.724. The van der Waals surface area contributed by atoms with Gasteiger partial charge in [0, 0.05) is 28.0 Å². The predicted octanol–water partition coefficient (Wildman–Crippen LogP) is 5.24. The molecular formula is C20H22N2S. The van der Waals surface area contributed by atoms with E-state index in [1.807, 2.05) is 11.3 Å². The predicted molar refractivity (Wildman–Crippen MR) is 98.2 cm³/mol. The topological polar surface area (TPSA) is 19.0 Å². The molecule has 2 aliphatic heterocycles. The smallest absolute Gasteiger partial charge is 0.0457 e. The highest BCUT2D eigenvalue weighted by Crippen LogP contribution is 2.39. The molecule has 0 aliphatic carbocycles. The zero-order valence-corrected chi connectivity index (χ0v) is 14.1. The van der Waals surface area contributed by atoms with Crippen molar-refractivity contribution in [1.82, 2.24) is 9.88 Å². The summed E-state index contributed by atoms with van der Waals surface area (Å²) in [5, 5.41) is 3.60. The fraction of sp³-hybridized carbons (Fsp3) is 0.400. The maximum absolute atomic E-state index is 3.51. The van der Waals surface area contributed by atoms with Crippen LogP contribution in [0.15, 0.2) is 41.9 Å². The normalized spacial score (nSPS) is 25.0. The summed E-state index contributed by atoms with van der Waals surface area (Å²) >= 11 is 1.82. The van der Waals surface area contributed by atoms with Gasteiger partial charge in [-0.1, -0.05) is 12.1 Å². The summed E-state index contributed by atoms with van der Waals surface area (Å²) in [7, 11) is 0. The van der Waals surface area contributed by atoms with Crippen molar-refractivity contribution in [2.75, 3.05) is 13.1 Å². The third kappa shape index (κ3) is 2.34. The number of rotatable bonds is 2. The van der Waals surface area contributed by atoms with Gasteiger partial charge in [0.15, 0.2) is 0 Å². The van der Waals surface area contributed by atoms with Gasteiger partial charge in [-0.3, -0.25) is 0 Å². The number of fused-ring (bicyclic) bond motifs is 2. The van der Waals surface area contributed by atoms with E-state index in [4.69, 9.17) is 0 Å². The highest BCUT2D eigenvalue weighted by atomic mass is 32.1. The Bertz CT molecular complexity index is 817. The van der Waals surface area contributed by atoms with Gasteiger partial charge in [0.05, 0.1) is 0 Å². The van der Waals surface area contributed by atoms with Crippen LogP contribution < -0.4 is 0 Å². The van der Waals surface area contributed by atoms with E-state index in [2.05, 4.69) is 51.8 Å². The molecule has 4 heterocycles. The van der Waals surface area contributed by atoms with Crippen LogP contribution in [0.1, 0.15) is 37.2 Å². The molecule has 23 heavy (non-hydrogen) atoms. The third-order valence-corrected chi connectivity index (χ3v) is 6.70. The molecule has 0 spiro atoms. The van der Waals surface area contributed by atoms with Crippen LogP contribution in [0.4, 0.5) is 0 Å². The Labute approximate surface area is 141 Å². The summed E-state index contributed by atoms with van der Waals surface area (Å²) in [6, 6.07) is 12.1. The second-order valence-electron chi connectivity index (χ2n) is 7.04. The summed E-state index contributed by atoms with van der Waals surface area (Å²) in [5.41, 5.74) is 4.19. The van der Waals surface area contributed by atoms with Crippen LogP contribution in [0.5, 0.6) is 0 Å². The van der Waals surface area contributed by atoms with Crippen molar-refractivity contribution in [3.63, 3.8) is 0 Å². The first-order valence-corrected chi connectivity index (χ1v) is 9.65. The second-order valence-corrected chi connectivity index (χ2v) is 7.98. The lowest BCUT2D eigenvalue weighted by Gasteiger charge is -2.34. The van der Waals surface area contributed by atoms with Crippen molar-refractivity contribution in [3.05, 3.63) is 47.5 Å². The number of aromatic amines is 1. The summed E-state index contributed by atoms with van der Waals surface area (Å²) in [4.78, 5) is 7.58. The minimum Gasteiger partial charge on any atom is -0.361 e. The largest absolute Gasteiger partial charge is 0.361 e. The first-order valence-electron chi connectivity index (χ1n) is 8.77. The Morgan fingerprint density at radius 3 is 3.04 bits per heavy atom. The zero-order valence-electron chi connectivity index (χ0n) is 13.3. The minimum absolute atomic E-state index is 0.724. The van der Waals surface area contributed by atoms with Gasteiger partial charge in [-0.2, -0.15) is 0 Å². The van der Waals surface area contributed by atoms with Crippen molar-refractivity contribution >= 4 is 22.2 Å². The first-order chi connectivity index (χ1) is 11.4. The molecule has 2 nitrogen and oxygen atoms in total. The van der Waals surface area contributed by atoms with Crippen LogP contribution in [0, 0.1) is 0 Å². The molecule has 0 bridgehead atoms. The second kappa shape index (κ2) is 5.50. The fourth-order valence-corrected chi connectivity index (χ4v) is 5.31. The zero-order chi connectivity index (χ0) is 15.2. The van der Waals surface area contributed by atoms with Gasteiger partial charge in [-0.25, -0.2) is 0 Å². The fourth-order valence-electron chi connectivity index (χ4n) is 4.58. The molecule has 5 rings (SSSR count). The van der Waals surface area contributed by atoms with Gasteiger partial charge in [0.2, 0.25) is 0 Å². The van der Waals surface area contributed by atoms with E-state index >= 15 is 0 Å². The average Bonchev–Trinajstić information content (AvgIpc) is 3.32. The monoisotopic (exact) mass is 322 g/mol. The van der Waals surface area contributed by atoms with Gasteiger partial charge in [0.1, 0.15) is 0 Å². The molecular weight excluding hydrogens is 300 g/mol. The van der Waals surface area contributed by atoms with Crippen LogP contribution in [0.3, 0.4) is 0 Å². The first kappa shape index (κ1) is 13.8. The van der Waals surface area contributed by atoms with Crippen LogP contribution >= 0.6 is 11.3 Å². The van der Waals surface area contributed by atoms with E-state index in [1.165, 1.54) is 60.1 Å². The molecule has 3 heteroatoms. The van der Waals surface area contributed by atoms with E-state index in [9.17, 15) is 0 Å². The number of benzene rings is 1. The molecule has 2 fully saturated rings. The quantitative estimate of drug-likeness (QED) is 0.684. The molecule has 1 N–H and O–H groups in total. The van der Waals surface area contributed by atoms with Crippen LogP contribution in [0.25, 0.3) is 21.3 Å². The van der Waals surface area contributed by atoms with E-state index < -0.39 is 0 Å². The number of nitrogens with zero attached hydrogens (tertiary/aromatic N) is 1.